The second-order valence-electron chi connectivity index (χ2n) is 6.24. The summed E-state index contributed by atoms with van der Waals surface area (Å²) in [6, 6.07) is 11.4. The third-order valence-electron chi connectivity index (χ3n) is 4.40. The smallest absolute Gasteiger partial charge is 0.387 e. The van der Waals surface area contributed by atoms with Crippen LogP contribution in [0.3, 0.4) is 0 Å². The Hall–Kier alpha value is -2.83. The van der Waals surface area contributed by atoms with Crippen molar-refractivity contribution in [2.75, 3.05) is 14.2 Å². The van der Waals surface area contributed by atoms with E-state index >= 15 is 0 Å². The third-order valence-corrected chi connectivity index (χ3v) is 4.40. The van der Waals surface area contributed by atoms with Gasteiger partial charge in [0.1, 0.15) is 17.2 Å². The Bertz CT molecular complexity index is 791. The van der Waals surface area contributed by atoms with Gasteiger partial charge in [-0.3, -0.25) is 4.79 Å². The van der Waals surface area contributed by atoms with Crippen LogP contribution in [0.1, 0.15) is 28.8 Å². The minimum Gasteiger partial charge on any atom is -0.497 e. The normalized spacial score (nSPS) is 13.4. The molecule has 1 fully saturated rings. The van der Waals surface area contributed by atoms with Crippen molar-refractivity contribution < 1.29 is 27.8 Å². The van der Waals surface area contributed by atoms with Crippen molar-refractivity contribution in [3.8, 4) is 17.2 Å². The van der Waals surface area contributed by atoms with Crippen LogP contribution in [-0.4, -0.2) is 37.7 Å². The lowest BCUT2D eigenvalue weighted by atomic mass is 10.1. The fraction of sp³-hybridized carbons (Fsp3) is 0.350. The van der Waals surface area contributed by atoms with Crippen LogP contribution in [0.5, 0.6) is 17.2 Å². The first-order valence-electron chi connectivity index (χ1n) is 8.58. The van der Waals surface area contributed by atoms with Crippen molar-refractivity contribution in [1.82, 2.24) is 4.90 Å². The number of ether oxygens (including phenoxy) is 3. The standard InChI is InChI=1S/C20H21F2NO4/c1-25-17-9-10-18(26-2)14(11-17)12-23(15-5-6-15)19(24)13-3-7-16(8-4-13)27-20(21)22/h3-4,7-11,15,20H,5-6,12H2,1-2H3. The highest BCUT2D eigenvalue weighted by Crippen LogP contribution is 2.33. The van der Waals surface area contributed by atoms with E-state index in [4.69, 9.17) is 9.47 Å². The van der Waals surface area contributed by atoms with E-state index in [1.165, 1.54) is 24.3 Å². The Kier molecular flexibility index (Phi) is 5.78. The molecule has 144 valence electrons. The molecule has 1 amide bonds. The molecule has 0 N–H and O–H groups in total. The number of carbonyl (C=O) groups excluding carboxylic acids is 1. The lowest BCUT2D eigenvalue weighted by Crippen LogP contribution is -2.32. The Morgan fingerprint density at radius 3 is 2.30 bits per heavy atom. The molecule has 27 heavy (non-hydrogen) atoms. The molecule has 3 rings (SSSR count). The predicted octanol–water partition coefficient (Wildman–Crippen LogP) is 4.11. The van der Waals surface area contributed by atoms with Crippen LogP contribution in [-0.2, 0) is 6.54 Å². The van der Waals surface area contributed by atoms with Crippen molar-refractivity contribution in [3.63, 3.8) is 0 Å². The summed E-state index contributed by atoms with van der Waals surface area (Å²) in [5.74, 6) is 1.22. The van der Waals surface area contributed by atoms with Crippen molar-refractivity contribution in [3.05, 3.63) is 53.6 Å². The second-order valence-corrected chi connectivity index (χ2v) is 6.24. The number of alkyl halides is 2. The molecular formula is C20H21F2NO4. The third kappa shape index (κ3) is 4.67. The van der Waals surface area contributed by atoms with Gasteiger partial charge in [0.05, 0.1) is 20.8 Å². The molecule has 0 aromatic heterocycles. The summed E-state index contributed by atoms with van der Waals surface area (Å²) >= 11 is 0. The van der Waals surface area contributed by atoms with Crippen molar-refractivity contribution in [1.29, 1.82) is 0 Å². The molecule has 1 aliphatic carbocycles. The van der Waals surface area contributed by atoms with Gasteiger partial charge in [-0.25, -0.2) is 0 Å². The molecule has 5 nitrogen and oxygen atoms in total. The molecule has 1 saturated carbocycles. The summed E-state index contributed by atoms with van der Waals surface area (Å²) < 4.78 is 39.6. The van der Waals surface area contributed by atoms with Gasteiger partial charge in [0.25, 0.3) is 5.91 Å². The molecule has 0 saturated heterocycles. The van der Waals surface area contributed by atoms with E-state index in [-0.39, 0.29) is 17.7 Å². The van der Waals surface area contributed by atoms with Crippen molar-refractivity contribution >= 4 is 5.91 Å². The first kappa shape index (κ1) is 18.9. The van der Waals surface area contributed by atoms with Gasteiger partial charge in [0.15, 0.2) is 0 Å². The number of hydrogen-bond donors (Lipinski definition) is 0. The fourth-order valence-corrected chi connectivity index (χ4v) is 2.89. The van der Waals surface area contributed by atoms with Gasteiger partial charge in [-0.05, 0) is 55.3 Å². The van der Waals surface area contributed by atoms with Gasteiger partial charge in [-0.2, -0.15) is 8.78 Å². The van der Waals surface area contributed by atoms with E-state index in [0.29, 0.717) is 23.6 Å². The number of nitrogens with zero attached hydrogens (tertiary/aromatic N) is 1. The van der Waals surface area contributed by atoms with E-state index in [9.17, 15) is 13.6 Å². The maximum absolute atomic E-state index is 13.0. The van der Waals surface area contributed by atoms with E-state index < -0.39 is 6.61 Å². The molecule has 0 heterocycles. The molecule has 0 unspecified atom stereocenters. The average molecular weight is 377 g/mol. The lowest BCUT2D eigenvalue weighted by Gasteiger charge is -2.24. The van der Waals surface area contributed by atoms with E-state index in [1.54, 1.807) is 31.3 Å². The topological polar surface area (TPSA) is 48.0 Å². The molecule has 1 aliphatic rings. The van der Waals surface area contributed by atoms with Crippen LogP contribution < -0.4 is 14.2 Å². The molecule has 0 radical (unpaired) electrons. The van der Waals surface area contributed by atoms with Gasteiger partial charge < -0.3 is 19.1 Å². The molecular weight excluding hydrogens is 356 g/mol. The van der Waals surface area contributed by atoms with E-state index in [0.717, 1.165) is 18.4 Å². The minimum atomic E-state index is -2.89. The summed E-state index contributed by atoms with van der Waals surface area (Å²) in [6.07, 6.45) is 1.87. The zero-order valence-corrected chi connectivity index (χ0v) is 15.2. The highest BCUT2D eigenvalue weighted by Gasteiger charge is 2.33. The van der Waals surface area contributed by atoms with Crippen LogP contribution in [0.2, 0.25) is 0 Å². The van der Waals surface area contributed by atoms with Crippen LogP contribution in [0.25, 0.3) is 0 Å². The Labute approximate surface area is 156 Å². The number of methoxy groups -OCH3 is 2. The fourth-order valence-electron chi connectivity index (χ4n) is 2.89. The quantitative estimate of drug-likeness (QED) is 0.695. The van der Waals surface area contributed by atoms with Crippen LogP contribution in [0.4, 0.5) is 8.78 Å². The van der Waals surface area contributed by atoms with Crippen molar-refractivity contribution in [2.45, 2.75) is 32.0 Å². The molecule has 0 bridgehead atoms. The molecule has 2 aromatic carbocycles. The zero-order valence-electron chi connectivity index (χ0n) is 15.2. The highest BCUT2D eigenvalue weighted by molar-refractivity contribution is 5.94. The maximum atomic E-state index is 13.0. The number of halogens is 2. The average Bonchev–Trinajstić information content (AvgIpc) is 3.50. The summed E-state index contributed by atoms with van der Waals surface area (Å²) in [7, 11) is 3.16. The molecule has 0 aliphatic heterocycles. The molecule has 7 heteroatoms. The van der Waals surface area contributed by atoms with Crippen LogP contribution in [0.15, 0.2) is 42.5 Å². The van der Waals surface area contributed by atoms with Gasteiger partial charge >= 0.3 is 6.61 Å². The number of hydrogen-bond acceptors (Lipinski definition) is 4. The Morgan fingerprint density at radius 1 is 1.07 bits per heavy atom. The largest absolute Gasteiger partial charge is 0.497 e. The van der Waals surface area contributed by atoms with Gasteiger partial charge in [-0.15, -0.1) is 0 Å². The highest BCUT2D eigenvalue weighted by atomic mass is 19.3. The van der Waals surface area contributed by atoms with Crippen molar-refractivity contribution in [2.24, 2.45) is 0 Å². The number of carbonyl (C=O) groups is 1. The summed E-state index contributed by atoms with van der Waals surface area (Å²) in [5.41, 5.74) is 1.26. The Morgan fingerprint density at radius 2 is 1.74 bits per heavy atom. The second kappa shape index (κ2) is 8.24. The number of rotatable bonds is 8. The predicted molar refractivity (Wildman–Crippen MR) is 95.5 cm³/mol. The number of benzene rings is 2. The van der Waals surface area contributed by atoms with Crippen LogP contribution in [0, 0.1) is 0 Å². The van der Waals surface area contributed by atoms with E-state index in [2.05, 4.69) is 4.74 Å². The maximum Gasteiger partial charge on any atom is 0.387 e. The van der Waals surface area contributed by atoms with Gasteiger partial charge in [0, 0.05) is 17.2 Å². The summed E-state index contributed by atoms with van der Waals surface area (Å²) in [5, 5.41) is 0. The molecule has 0 atom stereocenters. The molecule has 0 spiro atoms. The first-order valence-corrected chi connectivity index (χ1v) is 8.58. The monoisotopic (exact) mass is 377 g/mol. The lowest BCUT2D eigenvalue weighted by molar-refractivity contribution is -0.0498. The zero-order chi connectivity index (χ0) is 19.4. The SMILES string of the molecule is COc1ccc(OC)c(CN(C(=O)c2ccc(OC(F)F)cc2)C2CC2)c1. The van der Waals surface area contributed by atoms with Gasteiger partial charge in [-0.1, -0.05) is 0 Å². The number of amides is 1. The summed E-state index contributed by atoms with van der Waals surface area (Å²) in [6.45, 7) is -2.52. The van der Waals surface area contributed by atoms with Crippen LogP contribution >= 0.6 is 0 Å². The minimum absolute atomic E-state index is 0.0222. The first-order chi connectivity index (χ1) is 13.0. The van der Waals surface area contributed by atoms with E-state index in [1.807, 2.05) is 6.07 Å². The molecule has 2 aromatic rings. The van der Waals surface area contributed by atoms with Gasteiger partial charge in [0.2, 0.25) is 0 Å². The summed E-state index contributed by atoms with van der Waals surface area (Å²) in [4.78, 5) is 14.8. The Balaban J connectivity index is 1.81.